The quantitative estimate of drug-likeness (QED) is 0.345. The molecule has 0 fully saturated rings. The molecule has 0 heterocycles. The fraction of sp³-hybridized carbons (Fsp3) is 0.579. The molecule has 1 amide bonds. The van der Waals surface area contributed by atoms with Crippen molar-refractivity contribution in [2.24, 2.45) is 10.9 Å². The molecule has 0 unspecified atom stereocenters. The Bertz CT molecular complexity index is 527. The third-order valence-corrected chi connectivity index (χ3v) is 3.79. The van der Waals surface area contributed by atoms with Gasteiger partial charge in [-0.25, -0.2) is 0 Å². The summed E-state index contributed by atoms with van der Waals surface area (Å²) in [7, 11) is 3.34. The van der Waals surface area contributed by atoms with E-state index in [9.17, 15) is 4.79 Å². The second kappa shape index (κ2) is 12.2. The van der Waals surface area contributed by atoms with Gasteiger partial charge in [-0.2, -0.15) is 0 Å². The fourth-order valence-electron chi connectivity index (χ4n) is 2.28. The van der Waals surface area contributed by atoms with Crippen molar-refractivity contribution in [3.05, 3.63) is 29.8 Å². The predicted molar refractivity (Wildman–Crippen MR) is 103 cm³/mol. The van der Waals surface area contributed by atoms with Crippen molar-refractivity contribution in [3.63, 3.8) is 0 Å². The number of hydrogen-bond donors (Lipinski definition) is 3. The first-order chi connectivity index (χ1) is 12.0. The number of rotatable bonds is 10. The maximum Gasteiger partial charge on any atom is 0.239 e. The average molecular weight is 348 g/mol. The zero-order valence-electron chi connectivity index (χ0n) is 15.9. The van der Waals surface area contributed by atoms with E-state index < -0.39 is 0 Å². The number of nitrogens with zero attached hydrogens (tertiary/aromatic N) is 1. The molecule has 0 aromatic heterocycles. The molecule has 3 N–H and O–H groups in total. The van der Waals surface area contributed by atoms with E-state index in [-0.39, 0.29) is 12.5 Å². The second-order valence-corrected chi connectivity index (χ2v) is 6.37. The smallest absolute Gasteiger partial charge is 0.239 e. The molecule has 0 aliphatic heterocycles. The Kier molecular flexibility index (Phi) is 10.1. The molecule has 6 heteroatoms. The van der Waals surface area contributed by atoms with Gasteiger partial charge in [0.2, 0.25) is 5.91 Å². The maximum atomic E-state index is 11.9. The Labute approximate surface area is 151 Å². The van der Waals surface area contributed by atoms with Gasteiger partial charge in [-0.3, -0.25) is 9.79 Å². The summed E-state index contributed by atoms with van der Waals surface area (Å²) < 4.78 is 5.11. The Balaban J connectivity index is 2.20. The van der Waals surface area contributed by atoms with Crippen molar-refractivity contribution >= 4 is 11.9 Å². The number of unbranched alkanes of at least 4 members (excludes halogenated alkanes) is 1. The minimum absolute atomic E-state index is 0.0708. The molecule has 0 bridgehead atoms. The molecular formula is C19H32N4O2. The molecule has 0 saturated heterocycles. The number of benzene rings is 1. The number of methoxy groups -OCH3 is 1. The minimum atomic E-state index is -0.0708. The van der Waals surface area contributed by atoms with E-state index in [1.54, 1.807) is 14.2 Å². The van der Waals surface area contributed by atoms with Gasteiger partial charge in [-0.05, 0) is 30.0 Å². The molecule has 1 rings (SSSR count). The van der Waals surface area contributed by atoms with Crippen molar-refractivity contribution in [3.8, 4) is 5.75 Å². The molecule has 0 radical (unpaired) electrons. The van der Waals surface area contributed by atoms with E-state index in [1.165, 1.54) is 12.8 Å². The van der Waals surface area contributed by atoms with Crippen LogP contribution >= 0.6 is 0 Å². The van der Waals surface area contributed by atoms with Crippen LogP contribution in [0.5, 0.6) is 5.75 Å². The molecule has 0 aliphatic rings. The van der Waals surface area contributed by atoms with Gasteiger partial charge in [0.25, 0.3) is 0 Å². The molecule has 1 aromatic rings. The largest absolute Gasteiger partial charge is 0.497 e. The van der Waals surface area contributed by atoms with E-state index >= 15 is 0 Å². The van der Waals surface area contributed by atoms with Crippen molar-refractivity contribution in [1.29, 1.82) is 0 Å². The standard InChI is InChI=1S/C19H32N4O2/c1-15(2)7-5-6-12-21-19(20-3)23-14-18(24)22-13-16-8-10-17(25-4)11-9-16/h8-11,15H,5-7,12-14H2,1-4H3,(H,22,24)(H2,20,21,23). The van der Waals surface area contributed by atoms with E-state index in [4.69, 9.17) is 4.74 Å². The van der Waals surface area contributed by atoms with Crippen LogP contribution in [0.2, 0.25) is 0 Å². The predicted octanol–water partition coefficient (Wildman–Crippen LogP) is 2.30. The molecule has 25 heavy (non-hydrogen) atoms. The van der Waals surface area contributed by atoms with Gasteiger partial charge in [0.05, 0.1) is 13.7 Å². The third kappa shape index (κ3) is 9.59. The second-order valence-electron chi connectivity index (χ2n) is 6.37. The highest BCUT2D eigenvalue weighted by Gasteiger charge is 2.04. The summed E-state index contributed by atoms with van der Waals surface area (Å²) in [6.45, 7) is 6.02. The van der Waals surface area contributed by atoms with E-state index in [1.807, 2.05) is 24.3 Å². The molecule has 1 aromatic carbocycles. The Morgan fingerprint density at radius 3 is 2.44 bits per heavy atom. The molecular weight excluding hydrogens is 316 g/mol. The van der Waals surface area contributed by atoms with Crippen LogP contribution in [-0.4, -0.2) is 39.1 Å². The summed E-state index contributed by atoms with van der Waals surface area (Å²) in [6.07, 6.45) is 3.54. The van der Waals surface area contributed by atoms with Crippen LogP contribution in [0.3, 0.4) is 0 Å². The summed E-state index contributed by atoms with van der Waals surface area (Å²) in [5.41, 5.74) is 1.03. The van der Waals surface area contributed by atoms with Crippen LogP contribution in [-0.2, 0) is 11.3 Å². The van der Waals surface area contributed by atoms with E-state index in [0.717, 1.165) is 30.2 Å². The maximum absolute atomic E-state index is 11.9. The van der Waals surface area contributed by atoms with Crippen LogP contribution in [0.4, 0.5) is 0 Å². The van der Waals surface area contributed by atoms with Crippen LogP contribution in [0, 0.1) is 5.92 Å². The van der Waals surface area contributed by atoms with Crippen molar-refractivity contribution in [2.45, 2.75) is 39.7 Å². The summed E-state index contributed by atoms with van der Waals surface area (Å²) in [5.74, 6) is 2.13. The van der Waals surface area contributed by atoms with Crippen LogP contribution in [0.15, 0.2) is 29.3 Å². The number of guanidine groups is 1. The third-order valence-electron chi connectivity index (χ3n) is 3.79. The highest BCUT2D eigenvalue weighted by molar-refractivity contribution is 5.86. The van der Waals surface area contributed by atoms with E-state index in [0.29, 0.717) is 12.5 Å². The average Bonchev–Trinajstić information content (AvgIpc) is 2.62. The van der Waals surface area contributed by atoms with Gasteiger partial charge >= 0.3 is 0 Å². The van der Waals surface area contributed by atoms with Gasteiger partial charge in [-0.15, -0.1) is 0 Å². The number of aliphatic imine (C=N–C) groups is 1. The lowest BCUT2D eigenvalue weighted by atomic mass is 10.1. The zero-order chi connectivity index (χ0) is 18.5. The summed E-state index contributed by atoms with van der Waals surface area (Å²) in [4.78, 5) is 16.1. The number of carbonyl (C=O) groups excluding carboxylic acids is 1. The van der Waals surface area contributed by atoms with Crippen molar-refractivity contribution < 1.29 is 9.53 Å². The number of hydrogen-bond acceptors (Lipinski definition) is 3. The lowest BCUT2D eigenvalue weighted by Crippen LogP contribution is -2.43. The van der Waals surface area contributed by atoms with Crippen LogP contribution in [0.25, 0.3) is 0 Å². The summed E-state index contributed by atoms with van der Waals surface area (Å²) >= 11 is 0. The fourth-order valence-corrected chi connectivity index (χ4v) is 2.28. The highest BCUT2D eigenvalue weighted by atomic mass is 16.5. The summed E-state index contributed by atoms with van der Waals surface area (Å²) in [5, 5.41) is 9.14. The number of ether oxygens (including phenoxy) is 1. The van der Waals surface area contributed by atoms with Crippen LogP contribution < -0.4 is 20.7 Å². The van der Waals surface area contributed by atoms with Gasteiger partial charge in [0.1, 0.15) is 5.75 Å². The van der Waals surface area contributed by atoms with Gasteiger partial charge in [-0.1, -0.05) is 38.8 Å². The molecule has 140 valence electrons. The normalized spacial score (nSPS) is 11.3. The first kappa shape index (κ1) is 20.8. The number of carbonyl (C=O) groups is 1. The zero-order valence-corrected chi connectivity index (χ0v) is 15.9. The molecule has 0 atom stereocenters. The molecule has 0 spiro atoms. The first-order valence-electron chi connectivity index (χ1n) is 8.89. The van der Waals surface area contributed by atoms with Gasteiger partial charge < -0.3 is 20.7 Å². The lowest BCUT2D eigenvalue weighted by molar-refractivity contribution is -0.120. The number of amides is 1. The topological polar surface area (TPSA) is 74.8 Å². The molecule has 0 saturated carbocycles. The Morgan fingerprint density at radius 1 is 1.12 bits per heavy atom. The Morgan fingerprint density at radius 2 is 1.84 bits per heavy atom. The molecule has 6 nitrogen and oxygen atoms in total. The van der Waals surface area contributed by atoms with Crippen molar-refractivity contribution in [1.82, 2.24) is 16.0 Å². The van der Waals surface area contributed by atoms with Crippen molar-refractivity contribution in [2.75, 3.05) is 27.2 Å². The number of nitrogens with one attached hydrogen (secondary N) is 3. The summed E-state index contributed by atoms with van der Waals surface area (Å²) in [6, 6.07) is 7.63. The van der Waals surface area contributed by atoms with Gasteiger partial charge in [0.15, 0.2) is 5.96 Å². The molecule has 0 aliphatic carbocycles. The lowest BCUT2D eigenvalue weighted by Gasteiger charge is -2.12. The first-order valence-corrected chi connectivity index (χ1v) is 8.89. The van der Waals surface area contributed by atoms with E-state index in [2.05, 4.69) is 34.8 Å². The highest BCUT2D eigenvalue weighted by Crippen LogP contribution is 2.10. The monoisotopic (exact) mass is 348 g/mol. The Hall–Kier alpha value is -2.24. The van der Waals surface area contributed by atoms with Gasteiger partial charge in [0, 0.05) is 20.1 Å². The minimum Gasteiger partial charge on any atom is -0.497 e. The van der Waals surface area contributed by atoms with Crippen LogP contribution in [0.1, 0.15) is 38.7 Å². The SMILES string of the molecule is CN=C(NCCCCC(C)C)NCC(=O)NCc1ccc(OC)cc1.